The third-order valence-corrected chi connectivity index (χ3v) is 5.09. The van der Waals surface area contributed by atoms with Gasteiger partial charge in [0.2, 0.25) is 0 Å². The number of fused-ring (bicyclic) bond motifs is 1. The summed E-state index contributed by atoms with van der Waals surface area (Å²) in [6, 6.07) is 2.06. The molecule has 0 radical (unpaired) electrons. The zero-order chi connectivity index (χ0) is 19.0. The van der Waals surface area contributed by atoms with Crippen LogP contribution in [0.4, 0.5) is 5.82 Å². The predicted molar refractivity (Wildman–Crippen MR) is 104 cm³/mol. The van der Waals surface area contributed by atoms with E-state index >= 15 is 0 Å². The second-order valence-electron chi connectivity index (χ2n) is 7.98. The number of ether oxygens (including phenoxy) is 1. The summed E-state index contributed by atoms with van der Waals surface area (Å²) in [4.78, 5) is 8.89. The molecule has 0 spiro atoms. The van der Waals surface area contributed by atoms with Gasteiger partial charge in [-0.15, -0.1) is 0 Å². The molecule has 0 unspecified atom stereocenters. The summed E-state index contributed by atoms with van der Waals surface area (Å²) >= 11 is 0. The lowest BCUT2D eigenvalue weighted by atomic mass is 9.99. The van der Waals surface area contributed by atoms with Crippen LogP contribution in [0, 0.1) is 5.92 Å². The van der Waals surface area contributed by atoms with E-state index < -0.39 is 0 Å². The number of rotatable bonds is 5. The number of anilines is 1. The van der Waals surface area contributed by atoms with E-state index in [1.54, 1.807) is 6.33 Å². The first-order chi connectivity index (χ1) is 13.0. The van der Waals surface area contributed by atoms with Crippen molar-refractivity contribution in [3.8, 4) is 0 Å². The van der Waals surface area contributed by atoms with Crippen molar-refractivity contribution >= 4 is 16.9 Å². The van der Waals surface area contributed by atoms with E-state index in [0.717, 1.165) is 48.7 Å². The minimum absolute atomic E-state index is 0.0644. The van der Waals surface area contributed by atoms with Crippen molar-refractivity contribution in [3.63, 3.8) is 0 Å². The molecule has 0 aliphatic carbocycles. The summed E-state index contributed by atoms with van der Waals surface area (Å²) in [6.07, 6.45) is 6.37. The zero-order valence-corrected chi connectivity index (χ0v) is 16.4. The van der Waals surface area contributed by atoms with Gasteiger partial charge in [-0.05, 0) is 40.2 Å². The molecule has 8 nitrogen and oxygen atoms in total. The van der Waals surface area contributed by atoms with Gasteiger partial charge in [-0.2, -0.15) is 10.2 Å². The molecule has 0 saturated carbocycles. The lowest BCUT2D eigenvalue weighted by Gasteiger charge is -2.21. The fraction of sp³-hybridized carbons (Fsp3) is 0.579. The van der Waals surface area contributed by atoms with Gasteiger partial charge in [0.25, 0.3) is 0 Å². The number of aryl methyl sites for hydroxylation is 1. The first kappa shape index (κ1) is 17.9. The van der Waals surface area contributed by atoms with Crippen LogP contribution in [0.25, 0.3) is 11.0 Å². The molecule has 1 saturated heterocycles. The lowest BCUT2D eigenvalue weighted by molar-refractivity contribution is 0.0858. The van der Waals surface area contributed by atoms with Gasteiger partial charge in [0, 0.05) is 31.8 Å². The van der Waals surface area contributed by atoms with E-state index in [9.17, 15) is 0 Å². The lowest BCUT2D eigenvalue weighted by Crippen LogP contribution is -2.23. The molecular weight excluding hydrogens is 342 g/mol. The maximum Gasteiger partial charge on any atom is 0.163 e. The highest BCUT2D eigenvalue weighted by Gasteiger charge is 2.32. The Morgan fingerprint density at radius 3 is 2.89 bits per heavy atom. The normalized spacial score (nSPS) is 20.4. The molecule has 3 aromatic heterocycles. The van der Waals surface area contributed by atoms with Crippen LogP contribution in [-0.2, 0) is 16.8 Å². The van der Waals surface area contributed by atoms with Gasteiger partial charge >= 0.3 is 0 Å². The summed E-state index contributed by atoms with van der Waals surface area (Å²) in [7, 11) is 0. The summed E-state index contributed by atoms with van der Waals surface area (Å²) in [6.45, 7) is 10.9. The maximum atomic E-state index is 6.03. The average Bonchev–Trinajstić information content (AvgIpc) is 3.36. The summed E-state index contributed by atoms with van der Waals surface area (Å²) in [5.74, 6) is 1.19. The molecule has 1 aliphatic heterocycles. The Bertz CT molecular complexity index is 924. The van der Waals surface area contributed by atoms with E-state index in [1.165, 1.54) is 0 Å². The Morgan fingerprint density at radius 1 is 1.26 bits per heavy atom. The quantitative estimate of drug-likeness (QED) is 0.744. The van der Waals surface area contributed by atoms with E-state index in [0.29, 0.717) is 5.92 Å². The van der Waals surface area contributed by atoms with Crippen LogP contribution in [0.1, 0.15) is 45.9 Å². The van der Waals surface area contributed by atoms with Crippen LogP contribution < -0.4 is 5.32 Å². The minimum Gasteiger partial charge on any atom is -0.372 e. The molecule has 1 aliphatic rings. The Labute approximate surface area is 158 Å². The second-order valence-corrected chi connectivity index (χ2v) is 7.98. The molecule has 8 heteroatoms. The van der Waals surface area contributed by atoms with Crippen molar-refractivity contribution in [2.24, 2.45) is 5.92 Å². The van der Waals surface area contributed by atoms with Gasteiger partial charge in [-0.1, -0.05) is 0 Å². The first-order valence-electron chi connectivity index (χ1n) is 9.55. The molecule has 0 amide bonds. The van der Waals surface area contributed by atoms with Crippen molar-refractivity contribution in [1.29, 1.82) is 0 Å². The van der Waals surface area contributed by atoms with E-state index in [4.69, 9.17) is 4.74 Å². The molecular formula is C19H27N7O. The molecule has 144 valence electrons. The maximum absolute atomic E-state index is 6.03. The van der Waals surface area contributed by atoms with Crippen LogP contribution in [0.5, 0.6) is 0 Å². The molecule has 0 bridgehead atoms. The fourth-order valence-corrected chi connectivity index (χ4v) is 3.72. The van der Waals surface area contributed by atoms with Gasteiger partial charge < -0.3 is 10.1 Å². The van der Waals surface area contributed by atoms with Crippen molar-refractivity contribution in [1.82, 2.24) is 29.5 Å². The third kappa shape index (κ3) is 3.29. The van der Waals surface area contributed by atoms with E-state index in [2.05, 4.69) is 59.2 Å². The molecule has 3 aromatic rings. The van der Waals surface area contributed by atoms with E-state index in [-0.39, 0.29) is 11.6 Å². The van der Waals surface area contributed by atoms with Crippen molar-refractivity contribution < 1.29 is 4.74 Å². The predicted octanol–water partition coefficient (Wildman–Crippen LogP) is 2.99. The monoisotopic (exact) mass is 369 g/mol. The number of nitrogens with one attached hydrogen (secondary N) is 1. The van der Waals surface area contributed by atoms with Crippen LogP contribution in [0.2, 0.25) is 0 Å². The largest absolute Gasteiger partial charge is 0.372 e. The Morgan fingerprint density at radius 2 is 2.11 bits per heavy atom. The SMILES string of the molecule is CCn1nccc1[C@@H]1OCC[C@H]1CNc1ncnc2c1cnn2C(C)(C)C. The molecule has 1 N–H and O–H groups in total. The Balaban J connectivity index is 1.54. The van der Waals surface area contributed by atoms with Gasteiger partial charge in [-0.3, -0.25) is 4.68 Å². The number of hydrogen-bond donors (Lipinski definition) is 1. The topological polar surface area (TPSA) is 82.7 Å². The number of aromatic nitrogens is 6. The summed E-state index contributed by atoms with van der Waals surface area (Å²) < 4.78 is 9.98. The van der Waals surface area contributed by atoms with Gasteiger partial charge in [0.15, 0.2) is 5.65 Å². The number of nitrogens with zero attached hydrogens (tertiary/aromatic N) is 6. The van der Waals surface area contributed by atoms with Crippen LogP contribution in [0.15, 0.2) is 24.8 Å². The number of hydrogen-bond acceptors (Lipinski definition) is 6. The zero-order valence-electron chi connectivity index (χ0n) is 16.4. The Hall–Kier alpha value is -2.48. The van der Waals surface area contributed by atoms with Crippen LogP contribution in [0.3, 0.4) is 0 Å². The molecule has 0 aromatic carbocycles. The fourth-order valence-electron chi connectivity index (χ4n) is 3.72. The minimum atomic E-state index is -0.129. The average molecular weight is 369 g/mol. The molecule has 4 heterocycles. The van der Waals surface area contributed by atoms with Crippen molar-refractivity contribution in [2.75, 3.05) is 18.5 Å². The highest BCUT2D eigenvalue weighted by Crippen LogP contribution is 2.35. The standard InChI is InChI=1S/C19H27N7O/c1-5-25-15(6-8-23-25)16-13(7-9-27-16)10-20-17-14-11-24-26(19(2,3)4)18(14)22-12-21-17/h6,8,11-13,16H,5,7,9-10H2,1-4H3,(H,20,21,22)/t13-,16+/m0/s1. The summed E-state index contributed by atoms with van der Waals surface area (Å²) in [5.41, 5.74) is 1.87. The van der Waals surface area contributed by atoms with Crippen molar-refractivity contribution in [2.45, 2.75) is 52.3 Å². The smallest absolute Gasteiger partial charge is 0.163 e. The van der Waals surface area contributed by atoms with Crippen LogP contribution >= 0.6 is 0 Å². The molecule has 27 heavy (non-hydrogen) atoms. The second kappa shape index (κ2) is 6.92. The van der Waals surface area contributed by atoms with Gasteiger partial charge in [0.05, 0.1) is 22.8 Å². The summed E-state index contributed by atoms with van der Waals surface area (Å²) in [5, 5.41) is 13.4. The van der Waals surface area contributed by atoms with Gasteiger partial charge in [0.1, 0.15) is 18.2 Å². The van der Waals surface area contributed by atoms with Crippen molar-refractivity contribution in [3.05, 3.63) is 30.5 Å². The molecule has 1 fully saturated rings. The first-order valence-corrected chi connectivity index (χ1v) is 9.55. The van der Waals surface area contributed by atoms with Gasteiger partial charge in [-0.25, -0.2) is 14.6 Å². The molecule has 2 atom stereocenters. The highest BCUT2D eigenvalue weighted by atomic mass is 16.5. The van der Waals surface area contributed by atoms with E-state index in [1.807, 2.05) is 21.8 Å². The van der Waals surface area contributed by atoms with Crippen LogP contribution in [-0.4, -0.2) is 42.7 Å². The molecule has 4 rings (SSSR count). The highest BCUT2D eigenvalue weighted by molar-refractivity contribution is 5.86. The Kier molecular flexibility index (Phi) is 4.59. The third-order valence-electron chi connectivity index (χ3n) is 5.09.